The third kappa shape index (κ3) is 2.81. The summed E-state index contributed by atoms with van der Waals surface area (Å²) >= 11 is 0. The second kappa shape index (κ2) is 6.63. The molecule has 2 heterocycles. The molecule has 0 spiro atoms. The zero-order valence-electron chi connectivity index (χ0n) is 15.5. The molecule has 1 N–H and O–H groups in total. The van der Waals surface area contributed by atoms with E-state index in [0.29, 0.717) is 5.92 Å². The fraction of sp³-hybridized carbons (Fsp3) is 0.429. The lowest BCUT2D eigenvalue weighted by atomic mass is 9.80. The van der Waals surface area contributed by atoms with Gasteiger partial charge < -0.3 is 15.0 Å². The molecule has 0 radical (unpaired) electrons. The molecule has 1 amide bonds. The van der Waals surface area contributed by atoms with E-state index < -0.39 is 0 Å². The Morgan fingerprint density at radius 2 is 2.00 bits per heavy atom. The highest BCUT2D eigenvalue weighted by Crippen LogP contribution is 2.50. The first-order chi connectivity index (χ1) is 12.6. The van der Waals surface area contributed by atoms with Crippen molar-refractivity contribution in [1.29, 1.82) is 0 Å². The fourth-order valence-corrected chi connectivity index (χ4v) is 4.32. The Labute approximate surface area is 154 Å². The van der Waals surface area contributed by atoms with Gasteiger partial charge >= 0.3 is 0 Å². The van der Waals surface area contributed by atoms with Gasteiger partial charge in [0.05, 0.1) is 13.2 Å². The number of methoxy groups -OCH3 is 1. The number of aromatic nitrogens is 1. The summed E-state index contributed by atoms with van der Waals surface area (Å²) in [6, 6.07) is 12.3. The number of pyridine rings is 1. The predicted octanol–water partition coefficient (Wildman–Crippen LogP) is 4.02. The molecule has 0 saturated heterocycles. The maximum atomic E-state index is 12.5. The van der Waals surface area contributed by atoms with Gasteiger partial charge in [0.15, 0.2) is 11.6 Å². The summed E-state index contributed by atoms with van der Waals surface area (Å²) in [5.74, 6) is 2.45. The first kappa shape index (κ1) is 16.9. The molecule has 136 valence electrons. The van der Waals surface area contributed by atoms with Crippen molar-refractivity contribution < 1.29 is 9.53 Å². The van der Waals surface area contributed by atoms with E-state index in [-0.39, 0.29) is 23.9 Å². The lowest BCUT2D eigenvalue weighted by Gasteiger charge is -2.45. The number of amides is 1. The van der Waals surface area contributed by atoms with E-state index >= 15 is 0 Å². The molecule has 2 aliphatic rings. The van der Waals surface area contributed by atoms with Crippen LogP contribution in [0.1, 0.15) is 38.3 Å². The first-order valence-corrected chi connectivity index (χ1v) is 9.26. The minimum atomic E-state index is 0.0798. The van der Waals surface area contributed by atoms with Crippen LogP contribution in [0.3, 0.4) is 0 Å². The Hall–Kier alpha value is -2.56. The number of nitrogens with zero attached hydrogens (tertiary/aromatic N) is 2. The van der Waals surface area contributed by atoms with Crippen LogP contribution in [-0.2, 0) is 4.79 Å². The highest BCUT2D eigenvalue weighted by Gasteiger charge is 2.47. The average Bonchev–Trinajstić information content (AvgIpc) is 3.48. The molecule has 1 aliphatic heterocycles. The van der Waals surface area contributed by atoms with Gasteiger partial charge in [0.25, 0.3) is 0 Å². The third-order valence-corrected chi connectivity index (χ3v) is 5.62. The van der Waals surface area contributed by atoms with Crippen molar-refractivity contribution in [3.05, 3.63) is 48.2 Å². The van der Waals surface area contributed by atoms with Crippen LogP contribution in [0.5, 0.6) is 5.75 Å². The number of para-hydroxylation sites is 1. The molecule has 0 unspecified atom stereocenters. The van der Waals surface area contributed by atoms with Gasteiger partial charge in [-0.1, -0.05) is 25.1 Å². The Morgan fingerprint density at radius 1 is 1.23 bits per heavy atom. The first-order valence-electron chi connectivity index (χ1n) is 9.26. The van der Waals surface area contributed by atoms with Gasteiger partial charge in [-0.15, -0.1) is 0 Å². The van der Waals surface area contributed by atoms with Gasteiger partial charge in [-0.25, -0.2) is 4.98 Å². The molecule has 26 heavy (non-hydrogen) atoms. The molecule has 1 aromatic heterocycles. The predicted molar refractivity (Wildman–Crippen MR) is 102 cm³/mol. The SMILES string of the molecule is COc1cccnc1N[C@H]1c2ccccc2N(C(C)=O)[C@@H](C2CC2)[C@@H]1C. The van der Waals surface area contributed by atoms with Crippen LogP contribution in [0, 0.1) is 11.8 Å². The summed E-state index contributed by atoms with van der Waals surface area (Å²) in [5.41, 5.74) is 2.15. The molecule has 1 saturated carbocycles. The smallest absolute Gasteiger partial charge is 0.224 e. The Morgan fingerprint density at radius 3 is 2.69 bits per heavy atom. The number of fused-ring (bicyclic) bond motifs is 1. The molecule has 3 atom stereocenters. The Balaban J connectivity index is 1.78. The minimum Gasteiger partial charge on any atom is -0.493 e. The molecular weight excluding hydrogens is 326 g/mol. The van der Waals surface area contributed by atoms with E-state index in [4.69, 9.17) is 4.74 Å². The maximum absolute atomic E-state index is 12.5. The van der Waals surface area contributed by atoms with Crippen molar-refractivity contribution in [3.8, 4) is 5.75 Å². The molecule has 4 rings (SSSR count). The molecule has 1 aliphatic carbocycles. The van der Waals surface area contributed by atoms with E-state index in [9.17, 15) is 4.79 Å². The fourth-order valence-electron chi connectivity index (χ4n) is 4.32. The van der Waals surface area contributed by atoms with Gasteiger partial charge in [-0.05, 0) is 42.5 Å². The minimum absolute atomic E-state index is 0.0798. The average molecular weight is 351 g/mol. The number of carbonyl (C=O) groups is 1. The lowest BCUT2D eigenvalue weighted by molar-refractivity contribution is -0.117. The number of nitrogens with one attached hydrogen (secondary N) is 1. The van der Waals surface area contributed by atoms with Gasteiger partial charge in [-0.3, -0.25) is 4.79 Å². The number of anilines is 2. The van der Waals surface area contributed by atoms with Crippen LogP contribution in [0.25, 0.3) is 0 Å². The second-order valence-corrected chi connectivity index (χ2v) is 7.31. The summed E-state index contributed by atoms with van der Waals surface area (Å²) < 4.78 is 5.47. The number of hydrogen-bond donors (Lipinski definition) is 1. The number of hydrogen-bond acceptors (Lipinski definition) is 4. The van der Waals surface area contributed by atoms with Crippen molar-refractivity contribution in [1.82, 2.24) is 4.98 Å². The van der Waals surface area contributed by atoms with E-state index in [0.717, 1.165) is 22.8 Å². The zero-order chi connectivity index (χ0) is 18.3. The monoisotopic (exact) mass is 351 g/mol. The molecule has 5 nitrogen and oxygen atoms in total. The maximum Gasteiger partial charge on any atom is 0.224 e. The van der Waals surface area contributed by atoms with Gasteiger partial charge in [0, 0.05) is 30.8 Å². The van der Waals surface area contributed by atoms with Crippen LogP contribution in [0.15, 0.2) is 42.6 Å². The molecule has 5 heteroatoms. The number of carbonyl (C=O) groups excluding carboxylic acids is 1. The number of ether oxygens (including phenoxy) is 1. The van der Waals surface area contributed by atoms with Gasteiger partial charge in [0.1, 0.15) is 0 Å². The van der Waals surface area contributed by atoms with Crippen molar-refractivity contribution in [2.45, 2.75) is 38.8 Å². The van der Waals surface area contributed by atoms with Crippen molar-refractivity contribution in [3.63, 3.8) is 0 Å². The summed E-state index contributed by atoms with van der Waals surface area (Å²) in [4.78, 5) is 19.0. The summed E-state index contributed by atoms with van der Waals surface area (Å²) in [6.07, 6.45) is 4.16. The molecule has 2 aromatic rings. The van der Waals surface area contributed by atoms with Crippen LogP contribution in [0.2, 0.25) is 0 Å². The van der Waals surface area contributed by atoms with Crippen molar-refractivity contribution >= 4 is 17.4 Å². The Bertz CT molecular complexity index is 818. The van der Waals surface area contributed by atoms with Crippen LogP contribution < -0.4 is 15.0 Å². The molecule has 1 fully saturated rings. The third-order valence-electron chi connectivity index (χ3n) is 5.62. The largest absolute Gasteiger partial charge is 0.493 e. The topological polar surface area (TPSA) is 54.5 Å². The summed E-state index contributed by atoms with van der Waals surface area (Å²) in [5, 5.41) is 3.60. The van der Waals surface area contributed by atoms with Gasteiger partial charge in [-0.2, -0.15) is 0 Å². The van der Waals surface area contributed by atoms with Gasteiger partial charge in [0.2, 0.25) is 5.91 Å². The summed E-state index contributed by atoms with van der Waals surface area (Å²) in [6.45, 7) is 3.91. The van der Waals surface area contributed by atoms with Crippen LogP contribution in [0.4, 0.5) is 11.5 Å². The van der Waals surface area contributed by atoms with E-state index in [2.05, 4.69) is 29.4 Å². The quantitative estimate of drug-likeness (QED) is 0.904. The number of rotatable bonds is 4. The molecule has 1 aromatic carbocycles. The highest BCUT2D eigenvalue weighted by atomic mass is 16.5. The van der Waals surface area contributed by atoms with Crippen molar-refractivity contribution in [2.75, 3.05) is 17.3 Å². The Kier molecular flexibility index (Phi) is 4.31. The van der Waals surface area contributed by atoms with E-state index in [1.54, 1.807) is 20.2 Å². The van der Waals surface area contributed by atoms with Crippen LogP contribution >= 0.6 is 0 Å². The normalized spacial score (nSPS) is 24.7. The molecular formula is C21H25N3O2. The standard InChI is InChI=1S/C21H25N3O2/c1-13-19(23-21-18(26-3)9-6-12-22-21)16-7-4-5-8-17(16)24(14(2)25)20(13)15-10-11-15/h4-9,12-13,15,19-20H,10-11H2,1-3H3,(H,22,23)/t13-,19-,20-/m1/s1. The molecule has 0 bridgehead atoms. The lowest BCUT2D eigenvalue weighted by Crippen LogP contribution is -2.51. The highest BCUT2D eigenvalue weighted by molar-refractivity contribution is 5.94. The van der Waals surface area contributed by atoms with E-state index in [1.165, 1.54) is 12.8 Å². The van der Waals surface area contributed by atoms with E-state index in [1.807, 2.05) is 29.2 Å². The van der Waals surface area contributed by atoms with Crippen molar-refractivity contribution in [2.24, 2.45) is 11.8 Å². The zero-order valence-corrected chi connectivity index (χ0v) is 15.5. The summed E-state index contributed by atoms with van der Waals surface area (Å²) in [7, 11) is 1.66. The van der Waals surface area contributed by atoms with Crippen LogP contribution in [-0.4, -0.2) is 24.0 Å². The number of benzene rings is 1. The second-order valence-electron chi connectivity index (χ2n) is 7.31.